The van der Waals surface area contributed by atoms with Gasteiger partial charge in [0, 0.05) is 0 Å². The third-order valence-corrected chi connectivity index (χ3v) is 18.8. The first-order valence-corrected chi connectivity index (χ1v) is 27.8. The molecule has 0 bridgehead atoms. The molecule has 0 saturated heterocycles. The van der Waals surface area contributed by atoms with E-state index in [9.17, 15) is 4.79 Å². The van der Waals surface area contributed by atoms with Crippen molar-refractivity contribution in [1.29, 1.82) is 0 Å². The number of hydrogen-bond donors (Lipinski definition) is 0. The van der Waals surface area contributed by atoms with Crippen LogP contribution in [0.3, 0.4) is 0 Å². The van der Waals surface area contributed by atoms with Gasteiger partial charge in [-0.25, -0.2) is 0 Å². The molecule has 3 heteroatoms. The Morgan fingerprint density at radius 2 is 0.585 bits per heavy atom. The Morgan fingerprint density at radius 1 is 0.340 bits per heavy atom. The molecule has 0 aromatic carbocycles. The van der Waals surface area contributed by atoms with Gasteiger partial charge in [-0.1, -0.05) is 39.0 Å². The fourth-order valence-electron chi connectivity index (χ4n) is 8.70. The predicted octanol–water partition coefficient (Wildman–Crippen LogP) is 18.5. The third kappa shape index (κ3) is 32.4. The minimum atomic E-state index is -2.66. The summed E-state index contributed by atoms with van der Waals surface area (Å²) in [6.45, 7) is 8.92. The average Bonchev–Trinajstić information content (AvgIpc) is 3.16. The maximum atomic E-state index is 14.1. The zero-order valence-corrected chi connectivity index (χ0v) is 38.5. The molecule has 0 fully saturated rings. The summed E-state index contributed by atoms with van der Waals surface area (Å²) in [6.07, 6.45) is 59.3. The van der Waals surface area contributed by atoms with Gasteiger partial charge in [0.2, 0.25) is 0 Å². The van der Waals surface area contributed by atoms with Gasteiger partial charge in [-0.3, -0.25) is 0 Å². The van der Waals surface area contributed by atoms with Crippen LogP contribution in [0, 0.1) is 0 Å². The van der Waals surface area contributed by atoms with Crippen LogP contribution in [0.4, 0.5) is 0 Å². The van der Waals surface area contributed by atoms with Crippen LogP contribution in [0.5, 0.6) is 0 Å². The molecule has 0 aromatic heterocycles. The van der Waals surface area contributed by atoms with Crippen molar-refractivity contribution in [3.05, 3.63) is 12.2 Å². The van der Waals surface area contributed by atoms with Crippen LogP contribution in [-0.4, -0.2) is 30.6 Å². The van der Waals surface area contributed by atoms with Crippen LogP contribution in [0.15, 0.2) is 12.2 Å². The summed E-state index contributed by atoms with van der Waals surface area (Å²) in [5.41, 5.74) is 0. The molecule has 0 heterocycles. The van der Waals surface area contributed by atoms with Gasteiger partial charge in [-0.2, -0.15) is 0 Å². The molecule has 0 amide bonds. The quantitative estimate of drug-likeness (QED) is 0.0351. The summed E-state index contributed by atoms with van der Waals surface area (Å²) >= 11 is 0. The summed E-state index contributed by atoms with van der Waals surface area (Å²) in [4.78, 5) is 14.1. The minimum absolute atomic E-state index is 0.189. The van der Waals surface area contributed by atoms with E-state index in [1.807, 2.05) is 0 Å². The van der Waals surface area contributed by atoms with E-state index >= 15 is 0 Å². The second-order valence-corrected chi connectivity index (χ2v) is 23.3. The summed E-state index contributed by atoms with van der Waals surface area (Å²) in [5.74, 6) is 0.189. The molecule has 0 spiro atoms. The molecule has 0 rings (SSSR count). The Bertz CT molecular complexity index is 700. The number of hydrogen-bond acceptors (Lipinski definition) is 2. The molecule has 0 saturated carbocycles. The number of allylic oxidation sites excluding steroid dienone is 2. The van der Waals surface area contributed by atoms with E-state index in [2.05, 4.69) is 46.8 Å². The Morgan fingerprint density at radius 3 is 0.887 bits per heavy atom. The molecule has 0 radical (unpaired) electrons. The summed E-state index contributed by atoms with van der Waals surface area (Å²) in [5, 5.41) is 0. The maximum absolute atomic E-state index is 14.1. The van der Waals surface area contributed by atoms with Gasteiger partial charge in [-0.05, 0) is 6.42 Å². The van der Waals surface area contributed by atoms with Crippen LogP contribution in [0.2, 0.25) is 0 Å². The van der Waals surface area contributed by atoms with Gasteiger partial charge in [0.15, 0.2) is 0 Å². The van der Waals surface area contributed by atoms with Crippen molar-refractivity contribution in [2.24, 2.45) is 0 Å². The molecule has 318 valence electrons. The van der Waals surface area contributed by atoms with Gasteiger partial charge in [0.1, 0.15) is 0 Å². The van der Waals surface area contributed by atoms with E-state index in [0.717, 1.165) is 6.42 Å². The molecular formula is C50H101O2P. The molecule has 0 aromatic rings. The van der Waals surface area contributed by atoms with E-state index in [-0.39, 0.29) is 5.97 Å². The normalized spacial score (nSPS) is 12.8. The van der Waals surface area contributed by atoms with Crippen molar-refractivity contribution in [2.75, 3.05) is 24.6 Å². The fraction of sp³-hybridized carbons (Fsp3) is 0.940. The molecule has 0 N–H and O–H groups in total. The predicted molar refractivity (Wildman–Crippen MR) is 245 cm³/mol. The number of carbonyl (C=O) groups is 1. The Labute approximate surface area is 336 Å². The second-order valence-electron chi connectivity index (χ2n) is 17.6. The van der Waals surface area contributed by atoms with Crippen molar-refractivity contribution in [1.82, 2.24) is 0 Å². The van der Waals surface area contributed by atoms with Gasteiger partial charge in [0.05, 0.1) is 0 Å². The molecular weight excluding hydrogens is 664 g/mol. The zero-order valence-electron chi connectivity index (χ0n) is 37.6. The van der Waals surface area contributed by atoms with Crippen LogP contribution >= 0.6 is 6.83 Å². The topological polar surface area (TPSA) is 26.3 Å². The number of unbranched alkanes of at least 4 members (excludes halogenated alkanes) is 31. The van der Waals surface area contributed by atoms with Gasteiger partial charge >= 0.3 is 292 Å². The third-order valence-electron chi connectivity index (χ3n) is 12.3. The standard InChI is InChI=1S/C50H101O2P/c1-6-11-16-21-26-27-28-29-30-31-32-33-34-35-40-45-50(51)52-53(46-41-36-22-17-12-7-2,47-42-37-23-18-13-8-3,48-43-38-24-19-14-9-4)49-44-39-25-20-15-10-5/h29-30H,6-28,31-49H2,1-5H3/b30-29-. The van der Waals surface area contributed by atoms with Crippen LogP contribution in [0.1, 0.15) is 279 Å². The summed E-state index contributed by atoms with van der Waals surface area (Å²) in [7, 11) is 0. The molecule has 0 atom stereocenters. The van der Waals surface area contributed by atoms with Crippen molar-refractivity contribution in [3.63, 3.8) is 0 Å². The Hall–Kier alpha value is -0.360. The van der Waals surface area contributed by atoms with Crippen LogP contribution in [0.25, 0.3) is 0 Å². The van der Waals surface area contributed by atoms with Gasteiger partial charge < -0.3 is 0 Å². The van der Waals surface area contributed by atoms with Gasteiger partial charge in [-0.15, -0.1) is 0 Å². The summed E-state index contributed by atoms with van der Waals surface area (Å²) < 4.78 is 7.34. The Kier molecular flexibility index (Phi) is 39.6. The van der Waals surface area contributed by atoms with E-state index in [1.54, 1.807) is 0 Å². The van der Waals surface area contributed by atoms with Crippen LogP contribution < -0.4 is 0 Å². The first kappa shape index (κ1) is 52.6. The monoisotopic (exact) mass is 765 g/mol. The Balaban J connectivity index is 5.52. The number of rotatable bonds is 44. The van der Waals surface area contributed by atoms with E-state index in [0.29, 0.717) is 6.42 Å². The van der Waals surface area contributed by atoms with Crippen molar-refractivity contribution in [2.45, 2.75) is 279 Å². The average molecular weight is 765 g/mol. The van der Waals surface area contributed by atoms with E-state index < -0.39 is 6.83 Å². The number of carbonyl (C=O) groups excluding carboxylic acids is 1. The van der Waals surface area contributed by atoms with Crippen molar-refractivity contribution in [3.8, 4) is 0 Å². The van der Waals surface area contributed by atoms with Crippen LogP contribution in [-0.2, 0) is 9.32 Å². The van der Waals surface area contributed by atoms with E-state index in [1.165, 1.54) is 256 Å². The molecule has 0 aliphatic rings. The zero-order chi connectivity index (χ0) is 38.8. The molecule has 0 unspecified atom stereocenters. The summed E-state index contributed by atoms with van der Waals surface area (Å²) in [6, 6.07) is 0. The first-order chi connectivity index (χ1) is 26.0. The van der Waals surface area contributed by atoms with Crippen molar-refractivity contribution >= 4 is 12.8 Å². The molecule has 2 nitrogen and oxygen atoms in total. The second kappa shape index (κ2) is 39.9. The first-order valence-electron chi connectivity index (χ1n) is 24.9. The SMILES string of the molecule is CCCCCCCC/C=C\CCCCCCCC(=O)OP(CCCCCCCC)(CCCCCCCC)(CCCCCCCC)CCCCCCCC. The molecule has 53 heavy (non-hydrogen) atoms. The molecule has 0 aliphatic carbocycles. The molecule has 0 aliphatic heterocycles. The van der Waals surface area contributed by atoms with Gasteiger partial charge in [0.25, 0.3) is 0 Å². The van der Waals surface area contributed by atoms with E-state index in [4.69, 9.17) is 4.52 Å². The fourth-order valence-corrected chi connectivity index (χ4v) is 15.2. The van der Waals surface area contributed by atoms with Crippen molar-refractivity contribution < 1.29 is 9.32 Å².